The first-order valence-corrected chi connectivity index (χ1v) is 3.69. The molecule has 1 nitrogen and oxygen atoms in total. The summed E-state index contributed by atoms with van der Waals surface area (Å²) in [4.78, 5) is 0. The highest BCUT2D eigenvalue weighted by Gasteiger charge is 2.23. The van der Waals surface area contributed by atoms with Gasteiger partial charge in [0.25, 0.3) is 0 Å². The van der Waals surface area contributed by atoms with Gasteiger partial charge in [-0.2, -0.15) is 0 Å². The maximum atomic E-state index is 12.6. The maximum Gasteiger partial charge on any atom is 0.127 e. The Morgan fingerprint density at radius 1 is 1.67 bits per heavy atom. The number of halogens is 2. The van der Waals surface area contributed by atoms with Crippen LogP contribution in [-0.2, 0) is 4.74 Å². The van der Waals surface area contributed by atoms with Gasteiger partial charge in [0.1, 0.15) is 12.3 Å². The van der Waals surface area contributed by atoms with Crippen LogP contribution in [0.25, 0.3) is 0 Å². The van der Waals surface area contributed by atoms with E-state index in [0.29, 0.717) is 13.0 Å². The molecule has 2 atom stereocenters. The SMILES string of the molecule is F[C@H]1CCCO[C@@H]1CCl. The fraction of sp³-hybridized carbons (Fsp3) is 1.00. The van der Waals surface area contributed by atoms with Crippen molar-refractivity contribution in [2.75, 3.05) is 12.5 Å². The van der Waals surface area contributed by atoms with Gasteiger partial charge in [0.05, 0.1) is 5.88 Å². The summed E-state index contributed by atoms with van der Waals surface area (Å²) in [6, 6.07) is 0. The van der Waals surface area contributed by atoms with Crippen LogP contribution in [0.5, 0.6) is 0 Å². The highest BCUT2D eigenvalue weighted by Crippen LogP contribution is 2.17. The van der Waals surface area contributed by atoms with Gasteiger partial charge in [0.15, 0.2) is 0 Å². The van der Waals surface area contributed by atoms with Gasteiger partial charge in [0, 0.05) is 6.61 Å². The largest absolute Gasteiger partial charge is 0.374 e. The fourth-order valence-corrected chi connectivity index (χ4v) is 1.23. The quantitative estimate of drug-likeness (QED) is 0.520. The average Bonchev–Trinajstić information content (AvgIpc) is 1.89. The van der Waals surface area contributed by atoms with Gasteiger partial charge >= 0.3 is 0 Å². The summed E-state index contributed by atoms with van der Waals surface area (Å²) in [5, 5.41) is 0. The van der Waals surface area contributed by atoms with Crippen LogP contribution >= 0.6 is 11.6 Å². The summed E-state index contributed by atoms with van der Waals surface area (Å²) in [7, 11) is 0. The maximum absolute atomic E-state index is 12.6. The average molecular weight is 153 g/mol. The van der Waals surface area contributed by atoms with Crippen molar-refractivity contribution in [2.24, 2.45) is 0 Å². The molecule has 0 aromatic rings. The molecule has 0 radical (unpaired) electrons. The third-order valence-electron chi connectivity index (χ3n) is 1.51. The molecule has 0 unspecified atom stereocenters. The predicted octanol–water partition coefficient (Wildman–Crippen LogP) is 1.74. The fourth-order valence-electron chi connectivity index (χ4n) is 0.945. The highest BCUT2D eigenvalue weighted by atomic mass is 35.5. The second kappa shape index (κ2) is 3.37. The van der Waals surface area contributed by atoms with Crippen LogP contribution in [0.1, 0.15) is 12.8 Å². The summed E-state index contributed by atoms with van der Waals surface area (Å²) in [5.41, 5.74) is 0. The Balaban J connectivity index is 2.30. The smallest absolute Gasteiger partial charge is 0.127 e. The number of hydrogen-bond donors (Lipinski definition) is 0. The Morgan fingerprint density at radius 2 is 2.44 bits per heavy atom. The Morgan fingerprint density at radius 3 is 2.89 bits per heavy atom. The molecule has 0 aromatic carbocycles. The topological polar surface area (TPSA) is 9.23 Å². The van der Waals surface area contributed by atoms with Crippen LogP contribution in [0.4, 0.5) is 4.39 Å². The van der Waals surface area contributed by atoms with Crippen molar-refractivity contribution in [3.05, 3.63) is 0 Å². The summed E-state index contributed by atoms with van der Waals surface area (Å²) in [5.74, 6) is 0.279. The first-order valence-electron chi connectivity index (χ1n) is 3.16. The summed E-state index contributed by atoms with van der Waals surface area (Å²) < 4.78 is 17.7. The van der Waals surface area contributed by atoms with E-state index in [1.165, 1.54) is 0 Å². The molecule has 0 saturated carbocycles. The normalized spacial score (nSPS) is 36.7. The zero-order valence-corrected chi connectivity index (χ0v) is 5.90. The Labute approximate surface area is 59.1 Å². The molecule has 1 fully saturated rings. The molecular formula is C6H10ClFO. The second-order valence-corrected chi connectivity index (χ2v) is 2.53. The lowest BCUT2D eigenvalue weighted by Crippen LogP contribution is -2.32. The van der Waals surface area contributed by atoms with E-state index in [1.807, 2.05) is 0 Å². The molecule has 0 bridgehead atoms. The van der Waals surface area contributed by atoms with Crippen molar-refractivity contribution < 1.29 is 9.13 Å². The Hall–Kier alpha value is 0.180. The van der Waals surface area contributed by atoms with Gasteiger partial charge in [-0.25, -0.2) is 4.39 Å². The van der Waals surface area contributed by atoms with Crippen LogP contribution in [-0.4, -0.2) is 24.8 Å². The van der Waals surface area contributed by atoms with E-state index in [9.17, 15) is 4.39 Å². The zero-order valence-electron chi connectivity index (χ0n) is 5.15. The number of alkyl halides is 2. The van der Waals surface area contributed by atoms with E-state index < -0.39 is 6.17 Å². The molecule has 1 aliphatic heterocycles. The summed E-state index contributed by atoms with van der Waals surface area (Å²) >= 11 is 5.41. The first-order chi connectivity index (χ1) is 4.34. The minimum absolute atomic E-state index is 0.279. The van der Waals surface area contributed by atoms with Gasteiger partial charge in [-0.15, -0.1) is 11.6 Å². The van der Waals surface area contributed by atoms with E-state index in [4.69, 9.17) is 16.3 Å². The third kappa shape index (κ3) is 1.80. The van der Waals surface area contributed by atoms with Crippen LogP contribution in [0.2, 0.25) is 0 Å². The highest BCUT2D eigenvalue weighted by molar-refractivity contribution is 6.18. The van der Waals surface area contributed by atoms with Crippen molar-refractivity contribution in [1.82, 2.24) is 0 Å². The molecule has 0 N–H and O–H groups in total. The van der Waals surface area contributed by atoms with Crippen molar-refractivity contribution in [3.8, 4) is 0 Å². The monoisotopic (exact) mass is 152 g/mol. The number of rotatable bonds is 1. The van der Waals surface area contributed by atoms with Crippen molar-refractivity contribution >= 4 is 11.6 Å². The summed E-state index contributed by atoms with van der Waals surface area (Å²) in [6.45, 7) is 0.664. The molecule has 54 valence electrons. The van der Waals surface area contributed by atoms with E-state index in [-0.39, 0.29) is 12.0 Å². The second-order valence-electron chi connectivity index (χ2n) is 2.22. The van der Waals surface area contributed by atoms with Crippen molar-refractivity contribution in [2.45, 2.75) is 25.1 Å². The summed E-state index contributed by atoms with van der Waals surface area (Å²) in [6.07, 6.45) is 0.253. The Bertz CT molecular complexity index is 89.1. The third-order valence-corrected chi connectivity index (χ3v) is 1.82. The lowest BCUT2D eigenvalue weighted by atomic mass is 10.1. The van der Waals surface area contributed by atoms with Gasteiger partial charge in [-0.1, -0.05) is 0 Å². The number of ether oxygens (including phenoxy) is 1. The van der Waals surface area contributed by atoms with Gasteiger partial charge in [-0.3, -0.25) is 0 Å². The van der Waals surface area contributed by atoms with Crippen molar-refractivity contribution in [3.63, 3.8) is 0 Å². The van der Waals surface area contributed by atoms with Crippen LogP contribution in [0.3, 0.4) is 0 Å². The van der Waals surface area contributed by atoms with E-state index in [0.717, 1.165) is 6.42 Å². The van der Waals surface area contributed by atoms with Crippen LogP contribution in [0.15, 0.2) is 0 Å². The van der Waals surface area contributed by atoms with Gasteiger partial charge < -0.3 is 4.74 Å². The van der Waals surface area contributed by atoms with Crippen LogP contribution < -0.4 is 0 Å². The first kappa shape index (κ1) is 7.29. The molecule has 1 aliphatic rings. The van der Waals surface area contributed by atoms with E-state index in [1.54, 1.807) is 0 Å². The van der Waals surface area contributed by atoms with Gasteiger partial charge in [0.2, 0.25) is 0 Å². The minimum atomic E-state index is -0.837. The zero-order chi connectivity index (χ0) is 6.69. The van der Waals surface area contributed by atoms with E-state index >= 15 is 0 Å². The molecule has 0 spiro atoms. The molecule has 1 heterocycles. The number of hydrogen-bond acceptors (Lipinski definition) is 1. The van der Waals surface area contributed by atoms with E-state index in [2.05, 4.69) is 0 Å². The van der Waals surface area contributed by atoms with Gasteiger partial charge in [-0.05, 0) is 12.8 Å². The predicted molar refractivity (Wildman–Crippen MR) is 34.6 cm³/mol. The molecule has 1 rings (SSSR count). The molecule has 3 heteroatoms. The minimum Gasteiger partial charge on any atom is -0.374 e. The molecule has 0 aliphatic carbocycles. The molecule has 0 aromatic heterocycles. The van der Waals surface area contributed by atoms with Crippen molar-refractivity contribution in [1.29, 1.82) is 0 Å². The molecule has 9 heavy (non-hydrogen) atoms. The lowest BCUT2D eigenvalue weighted by molar-refractivity contribution is -0.0261. The molecule has 1 saturated heterocycles. The Kier molecular flexibility index (Phi) is 2.73. The molecular weight excluding hydrogens is 143 g/mol. The lowest BCUT2D eigenvalue weighted by Gasteiger charge is -2.24. The standard InChI is InChI=1S/C6H10ClFO/c7-4-6-5(8)2-1-3-9-6/h5-6H,1-4H2/t5-,6+/m0/s1. The molecule has 0 amide bonds. The van der Waals surface area contributed by atoms with Crippen LogP contribution in [0, 0.1) is 0 Å².